The maximum absolute atomic E-state index is 10.9. The van der Waals surface area contributed by atoms with Gasteiger partial charge in [-0.3, -0.25) is 0 Å². The van der Waals surface area contributed by atoms with Gasteiger partial charge in [0.2, 0.25) is 0 Å². The van der Waals surface area contributed by atoms with Gasteiger partial charge in [-0.2, -0.15) is 4.98 Å². The van der Waals surface area contributed by atoms with Gasteiger partial charge in [-0.1, -0.05) is 12.2 Å². The van der Waals surface area contributed by atoms with E-state index in [1.807, 2.05) is 0 Å². The van der Waals surface area contributed by atoms with Crippen molar-refractivity contribution in [3.05, 3.63) is 35.9 Å². The van der Waals surface area contributed by atoms with Crippen LogP contribution in [0.3, 0.4) is 0 Å². The lowest BCUT2D eigenvalue weighted by Gasteiger charge is -2.17. The lowest BCUT2D eigenvalue weighted by molar-refractivity contribution is 0.0697. The Labute approximate surface area is 116 Å². The zero-order valence-electron chi connectivity index (χ0n) is 11.0. The molecule has 0 saturated heterocycles. The molecule has 0 amide bonds. The summed E-state index contributed by atoms with van der Waals surface area (Å²) in [6.45, 7) is 0.822. The van der Waals surface area contributed by atoms with Crippen molar-refractivity contribution < 1.29 is 14.3 Å². The van der Waals surface area contributed by atoms with Crippen LogP contribution in [0, 0.1) is 5.92 Å². The molecular formula is C15H16N2O3. The Morgan fingerprint density at radius 2 is 2.35 bits per heavy atom. The molecule has 1 aliphatic rings. The molecule has 3 rings (SSSR count). The van der Waals surface area contributed by atoms with Gasteiger partial charge in [-0.05, 0) is 43.4 Å². The fraction of sp³-hybridized carbons (Fsp3) is 0.333. The summed E-state index contributed by atoms with van der Waals surface area (Å²) in [4.78, 5) is 15.2. The number of fused-ring (bicyclic) bond motifs is 1. The van der Waals surface area contributed by atoms with Gasteiger partial charge in [0.25, 0.3) is 6.01 Å². The normalized spacial score (nSPS) is 18.3. The van der Waals surface area contributed by atoms with E-state index in [0.29, 0.717) is 23.0 Å². The number of hydrogen-bond acceptors (Lipinski definition) is 4. The number of rotatable bonds is 4. The van der Waals surface area contributed by atoms with Gasteiger partial charge in [0.1, 0.15) is 5.52 Å². The average molecular weight is 272 g/mol. The molecule has 1 atom stereocenters. The highest BCUT2D eigenvalue weighted by molar-refractivity contribution is 5.92. The predicted molar refractivity (Wildman–Crippen MR) is 75.9 cm³/mol. The molecule has 1 heterocycles. The Kier molecular flexibility index (Phi) is 3.41. The second-order valence-corrected chi connectivity index (χ2v) is 5.04. The van der Waals surface area contributed by atoms with E-state index in [1.165, 1.54) is 18.6 Å². The van der Waals surface area contributed by atoms with Crippen molar-refractivity contribution in [3.63, 3.8) is 0 Å². The van der Waals surface area contributed by atoms with E-state index >= 15 is 0 Å². The zero-order valence-corrected chi connectivity index (χ0v) is 11.0. The molecule has 5 heteroatoms. The first-order valence-electron chi connectivity index (χ1n) is 6.75. The Bertz CT molecular complexity index is 660. The van der Waals surface area contributed by atoms with E-state index in [0.717, 1.165) is 19.4 Å². The van der Waals surface area contributed by atoms with E-state index in [4.69, 9.17) is 9.52 Å². The fourth-order valence-corrected chi connectivity index (χ4v) is 2.41. The fourth-order valence-electron chi connectivity index (χ4n) is 2.41. The first kappa shape index (κ1) is 12.7. The van der Waals surface area contributed by atoms with Crippen LogP contribution >= 0.6 is 0 Å². The van der Waals surface area contributed by atoms with Crippen LogP contribution in [0.5, 0.6) is 0 Å². The minimum Gasteiger partial charge on any atom is -0.478 e. The summed E-state index contributed by atoms with van der Waals surface area (Å²) in [6.07, 6.45) is 7.80. The molecule has 0 spiro atoms. The highest BCUT2D eigenvalue weighted by atomic mass is 16.4. The van der Waals surface area contributed by atoms with Gasteiger partial charge in [-0.25, -0.2) is 4.79 Å². The number of carbonyl (C=O) groups is 1. The van der Waals surface area contributed by atoms with Crippen LogP contribution in [-0.2, 0) is 0 Å². The number of benzene rings is 1. The molecule has 1 aromatic carbocycles. The monoisotopic (exact) mass is 272 g/mol. The summed E-state index contributed by atoms with van der Waals surface area (Å²) in [5, 5.41) is 12.1. The Hall–Kier alpha value is -2.30. The van der Waals surface area contributed by atoms with Crippen molar-refractivity contribution in [2.24, 2.45) is 5.92 Å². The number of hydrogen-bond donors (Lipinski definition) is 2. The Balaban J connectivity index is 1.72. The minimum atomic E-state index is -0.966. The lowest BCUT2D eigenvalue weighted by atomic mass is 9.94. The second kappa shape index (κ2) is 5.36. The van der Waals surface area contributed by atoms with Crippen LogP contribution in [0.15, 0.2) is 34.8 Å². The summed E-state index contributed by atoms with van der Waals surface area (Å²) in [6, 6.07) is 5.15. The molecule has 20 heavy (non-hydrogen) atoms. The summed E-state index contributed by atoms with van der Waals surface area (Å²) < 4.78 is 5.55. The molecule has 5 nitrogen and oxygen atoms in total. The van der Waals surface area contributed by atoms with Crippen molar-refractivity contribution in [1.29, 1.82) is 0 Å². The quantitative estimate of drug-likeness (QED) is 0.835. The number of carboxylic acids is 1. The molecule has 1 aromatic heterocycles. The van der Waals surface area contributed by atoms with Crippen molar-refractivity contribution in [2.75, 3.05) is 11.9 Å². The van der Waals surface area contributed by atoms with Gasteiger partial charge in [0.15, 0.2) is 5.58 Å². The van der Waals surface area contributed by atoms with Crippen LogP contribution in [0.4, 0.5) is 6.01 Å². The number of oxazole rings is 1. The second-order valence-electron chi connectivity index (χ2n) is 5.04. The highest BCUT2D eigenvalue weighted by Gasteiger charge is 2.13. The largest absolute Gasteiger partial charge is 0.478 e. The van der Waals surface area contributed by atoms with E-state index in [2.05, 4.69) is 22.5 Å². The van der Waals surface area contributed by atoms with Crippen LogP contribution < -0.4 is 5.32 Å². The molecule has 0 radical (unpaired) electrons. The van der Waals surface area contributed by atoms with Gasteiger partial charge in [-0.15, -0.1) is 0 Å². The topological polar surface area (TPSA) is 75.4 Å². The first-order chi connectivity index (χ1) is 9.72. The van der Waals surface area contributed by atoms with Crippen LogP contribution in [0.1, 0.15) is 29.6 Å². The molecule has 0 bridgehead atoms. The number of aromatic nitrogens is 1. The van der Waals surface area contributed by atoms with Crippen LogP contribution in [0.25, 0.3) is 11.1 Å². The number of nitrogens with one attached hydrogen (secondary N) is 1. The summed E-state index contributed by atoms with van der Waals surface area (Å²) >= 11 is 0. The summed E-state index contributed by atoms with van der Waals surface area (Å²) in [5.41, 5.74) is 1.37. The van der Waals surface area contributed by atoms with Crippen LogP contribution in [-0.4, -0.2) is 22.6 Å². The smallest absolute Gasteiger partial charge is 0.335 e. The van der Waals surface area contributed by atoms with E-state index in [9.17, 15) is 4.79 Å². The Morgan fingerprint density at radius 3 is 3.10 bits per heavy atom. The Morgan fingerprint density at radius 1 is 1.45 bits per heavy atom. The third-order valence-electron chi connectivity index (χ3n) is 3.56. The lowest BCUT2D eigenvalue weighted by Crippen LogP contribution is -2.15. The third kappa shape index (κ3) is 2.66. The van der Waals surface area contributed by atoms with Gasteiger partial charge >= 0.3 is 5.97 Å². The predicted octanol–water partition coefficient (Wildman–Crippen LogP) is 3.29. The molecule has 0 aliphatic heterocycles. The molecule has 2 N–H and O–H groups in total. The highest BCUT2D eigenvalue weighted by Crippen LogP contribution is 2.22. The number of aromatic carboxylic acids is 1. The molecule has 0 saturated carbocycles. The average Bonchev–Trinajstić information content (AvgIpc) is 2.88. The van der Waals surface area contributed by atoms with Crippen molar-refractivity contribution in [3.8, 4) is 0 Å². The molecule has 104 valence electrons. The van der Waals surface area contributed by atoms with Gasteiger partial charge in [0.05, 0.1) is 5.56 Å². The zero-order chi connectivity index (χ0) is 13.9. The maximum atomic E-state index is 10.9. The third-order valence-corrected chi connectivity index (χ3v) is 3.56. The summed E-state index contributed by atoms with van der Waals surface area (Å²) in [5.74, 6) is -0.364. The SMILES string of the molecule is O=C(O)c1ccc2nc(NCC3CC=CCC3)oc2c1. The number of anilines is 1. The van der Waals surface area contributed by atoms with E-state index in [1.54, 1.807) is 6.07 Å². The number of carboxylic acid groups (broad SMARTS) is 1. The molecule has 1 unspecified atom stereocenters. The standard InChI is InChI=1S/C15H16N2O3/c18-14(19)11-6-7-12-13(8-11)20-15(17-12)16-9-10-4-2-1-3-5-10/h1-2,6-8,10H,3-5,9H2,(H,16,17)(H,18,19). The van der Waals surface area contributed by atoms with Crippen molar-refractivity contribution in [2.45, 2.75) is 19.3 Å². The molecule has 1 aliphatic carbocycles. The van der Waals surface area contributed by atoms with Crippen LogP contribution in [0.2, 0.25) is 0 Å². The van der Waals surface area contributed by atoms with Crippen molar-refractivity contribution in [1.82, 2.24) is 4.98 Å². The minimum absolute atomic E-state index is 0.206. The number of nitrogens with zero attached hydrogens (tertiary/aromatic N) is 1. The van der Waals surface area contributed by atoms with Crippen molar-refractivity contribution >= 4 is 23.1 Å². The van der Waals surface area contributed by atoms with Gasteiger partial charge < -0.3 is 14.8 Å². The first-order valence-corrected chi connectivity index (χ1v) is 6.75. The van der Waals surface area contributed by atoms with E-state index < -0.39 is 5.97 Å². The summed E-state index contributed by atoms with van der Waals surface area (Å²) in [7, 11) is 0. The van der Waals surface area contributed by atoms with Gasteiger partial charge in [0, 0.05) is 6.54 Å². The van der Waals surface area contributed by atoms with E-state index in [-0.39, 0.29) is 5.56 Å². The maximum Gasteiger partial charge on any atom is 0.335 e. The number of allylic oxidation sites excluding steroid dienone is 2. The molecule has 2 aromatic rings. The molecular weight excluding hydrogens is 256 g/mol. The molecule has 0 fully saturated rings.